The number of rotatable bonds is 9. The predicted octanol–water partition coefficient (Wildman–Crippen LogP) is 5.91. The van der Waals surface area contributed by atoms with Crippen molar-refractivity contribution in [2.45, 2.75) is 53.3 Å². The molecular formula is C37H37N3O5S. The average molecular weight is 636 g/mol. The van der Waals surface area contributed by atoms with Gasteiger partial charge < -0.3 is 18.8 Å². The van der Waals surface area contributed by atoms with Crippen molar-refractivity contribution in [3.05, 3.63) is 126 Å². The van der Waals surface area contributed by atoms with Gasteiger partial charge in [0.05, 0.1) is 41.7 Å². The maximum Gasteiger partial charge on any atom is 0.338 e. The molecule has 0 fully saturated rings. The molecule has 6 rings (SSSR count). The minimum absolute atomic E-state index is 0.0580. The summed E-state index contributed by atoms with van der Waals surface area (Å²) in [6.07, 6.45) is 3.97. The SMILES string of the molecule is CCOC(=O)C1=C(C)N=c2s/c(=C\c3cn(Cc4cccc(C)c4)c4ccccc34)c(=O)n2[C@H]1c1ccc(OC(C)C)c(OC)c1. The third-order valence-corrected chi connectivity index (χ3v) is 8.91. The second-order valence-corrected chi connectivity index (χ2v) is 12.6. The average Bonchev–Trinajstić information content (AvgIpc) is 3.52. The summed E-state index contributed by atoms with van der Waals surface area (Å²) in [7, 11) is 1.57. The van der Waals surface area contributed by atoms with Gasteiger partial charge in [0.2, 0.25) is 0 Å². The number of hydrogen-bond acceptors (Lipinski definition) is 7. The highest BCUT2D eigenvalue weighted by Crippen LogP contribution is 2.36. The van der Waals surface area contributed by atoms with Crippen molar-refractivity contribution >= 4 is 34.3 Å². The lowest BCUT2D eigenvalue weighted by atomic mass is 9.95. The molecule has 3 aromatic carbocycles. The van der Waals surface area contributed by atoms with Gasteiger partial charge in [0.15, 0.2) is 16.3 Å². The minimum atomic E-state index is -0.762. The maximum atomic E-state index is 14.3. The van der Waals surface area contributed by atoms with Gasteiger partial charge in [-0.1, -0.05) is 65.4 Å². The zero-order valence-corrected chi connectivity index (χ0v) is 27.7. The van der Waals surface area contributed by atoms with Gasteiger partial charge in [-0.25, -0.2) is 9.79 Å². The normalized spacial score (nSPS) is 14.8. The first kappa shape index (κ1) is 31.1. The van der Waals surface area contributed by atoms with Gasteiger partial charge in [0, 0.05) is 29.2 Å². The Labute approximate surface area is 271 Å². The Hall–Kier alpha value is -4.89. The van der Waals surface area contributed by atoms with Crippen molar-refractivity contribution in [3.63, 3.8) is 0 Å². The number of carbonyl (C=O) groups excluding carboxylic acids is 1. The topological polar surface area (TPSA) is 84.1 Å². The van der Waals surface area contributed by atoms with Gasteiger partial charge >= 0.3 is 5.97 Å². The highest BCUT2D eigenvalue weighted by atomic mass is 32.1. The quantitative estimate of drug-likeness (QED) is 0.188. The van der Waals surface area contributed by atoms with Crippen molar-refractivity contribution in [1.29, 1.82) is 0 Å². The van der Waals surface area contributed by atoms with Crippen LogP contribution < -0.4 is 24.4 Å². The molecule has 0 bridgehead atoms. The summed E-state index contributed by atoms with van der Waals surface area (Å²) in [6, 6.07) is 21.4. The molecule has 5 aromatic rings. The number of hydrogen-bond donors (Lipinski definition) is 0. The smallest absolute Gasteiger partial charge is 0.338 e. The summed E-state index contributed by atoms with van der Waals surface area (Å²) in [6.45, 7) is 10.4. The fraction of sp³-hybridized carbons (Fsp3) is 0.270. The van der Waals surface area contributed by atoms with Crippen molar-refractivity contribution in [1.82, 2.24) is 9.13 Å². The molecule has 8 nitrogen and oxygen atoms in total. The molecule has 1 atom stereocenters. The molecule has 0 radical (unpaired) electrons. The lowest BCUT2D eigenvalue weighted by Gasteiger charge is -2.25. The summed E-state index contributed by atoms with van der Waals surface area (Å²) in [5.74, 6) is 0.574. The zero-order valence-electron chi connectivity index (χ0n) is 26.9. The molecule has 0 N–H and O–H groups in total. The Balaban J connectivity index is 1.51. The molecule has 0 amide bonds. The summed E-state index contributed by atoms with van der Waals surface area (Å²) >= 11 is 1.31. The number of aryl methyl sites for hydroxylation is 1. The van der Waals surface area contributed by atoms with Gasteiger partial charge in [0.25, 0.3) is 5.56 Å². The number of aromatic nitrogens is 2. The molecule has 2 aromatic heterocycles. The number of benzene rings is 3. The van der Waals surface area contributed by atoms with Crippen molar-refractivity contribution in [2.24, 2.45) is 4.99 Å². The summed E-state index contributed by atoms with van der Waals surface area (Å²) < 4.78 is 21.4. The number of ether oxygens (including phenoxy) is 3. The van der Waals surface area contributed by atoms with Crippen LogP contribution in [0.25, 0.3) is 17.0 Å². The molecule has 1 aliphatic rings. The maximum absolute atomic E-state index is 14.3. The molecule has 1 aliphatic heterocycles. The van der Waals surface area contributed by atoms with E-state index in [1.165, 1.54) is 22.5 Å². The number of nitrogens with zero attached hydrogens (tertiary/aromatic N) is 3. The molecule has 236 valence electrons. The first-order valence-electron chi connectivity index (χ1n) is 15.4. The van der Waals surface area contributed by atoms with Gasteiger partial charge in [0.1, 0.15) is 0 Å². The van der Waals surface area contributed by atoms with Crippen LogP contribution in [0.4, 0.5) is 0 Å². The second-order valence-electron chi connectivity index (χ2n) is 11.6. The van der Waals surface area contributed by atoms with Crippen molar-refractivity contribution in [2.75, 3.05) is 13.7 Å². The van der Waals surface area contributed by atoms with E-state index in [9.17, 15) is 9.59 Å². The van der Waals surface area contributed by atoms with Gasteiger partial charge in [-0.15, -0.1) is 0 Å². The van der Waals surface area contributed by atoms with Crippen LogP contribution in [0, 0.1) is 6.92 Å². The number of thiazole rings is 1. The van der Waals surface area contributed by atoms with E-state index in [0.717, 1.165) is 16.5 Å². The largest absolute Gasteiger partial charge is 0.493 e. The van der Waals surface area contributed by atoms with Crippen LogP contribution in [0.1, 0.15) is 56.0 Å². The molecule has 0 unspecified atom stereocenters. The van der Waals surface area contributed by atoms with Crippen LogP contribution in [0.2, 0.25) is 0 Å². The summed E-state index contributed by atoms with van der Waals surface area (Å²) in [5, 5.41) is 1.05. The van der Waals surface area contributed by atoms with Crippen molar-refractivity contribution in [3.8, 4) is 11.5 Å². The Morgan fingerprint density at radius 3 is 2.59 bits per heavy atom. The highest BCUT2D eigenvalue weighted by Gasteiger charge is 2.34. The predicted molar refractivity (Wildman–Crippen MR) is 181 cm³/mol. The highest BCUT2D eigenvalue weighted by molar-refractivity contribution is 7.07. The first-order valence-corrected chi connectivity index (χ1v) is 16.2. The van der Waals surface area contributed by atoms with Crippen LogP contribution in [0.15, 0.2) is 94.0 Å². The first-order chi connectivity index (χ1) is 22.2. The number of para-hydroxylation sites is 1. The van der Waals surface area contributed by atoms with E-state index in [1.54, 1.807) is 25.5 Å². The Morgan fingerprint density at radius 1 is 1.04 bits per heavy atom. The van der Waals surface area contributed by atoms with E-state index in [4.69, 9.17) is 19.2 Å². The van der Waals surface area contributed by atoms with Gasteiger partial charge in [-0.3, -0.25) is 9.36 Å². The van der Waals surface area contributed by atoms with Crippen LogP contribution in [-0.4, -0.2) is 34.9 Å². The minimum Gasteiger partial charge on any atom is -0.493 e. The van der Waals surface area contributed by atoms with E-state index in [0.29, 0.717) is 44.2 Å². The van der Waals surface area contributed by atoms with E-state index in [2.05, 4.69) is 54.1 Å². The molecule has 0 spiro atoms. The standard InChI is InChI=1S/C37H37N3O5S/c1-7-44-36(42)33-24(5)38-37-40(34(33)26-15-16-30(45-22(2)3)31(18-26)43-6)35(41)32(46-37)19-27-21-39(29-14-9-8-13-28(27)29)20-25-12-10-11-23(4)17-25/h8-19,21-22,34H,7,20H2,1-6H3/b32-19-/t34-/m0/s1. The molecule has 3 heterocycles. The van der Waals surface area contributed by atoms with Gasteiger partial charge in [-0.2, -0.15) is 0 Å². The van der Waals surface area contributed by atoms with E-state index in [1.807, 2.05) is 50.3 Å². The molecule has 9 heteroatoms. The molecule has 0 saturated carbocycles. The van der Waals surface area contributed by atoms with E-state index >= 15 is 0 Å². The lowest BCUT2D eigenvalue weighted by molar-refractivity contribution is -0.139. The number of fused-ring (bicyclic) bond motifs is 2. The number of allylic oxidation sites excluding steroid dienone is 1. The van der Waals surface area contributed by atoms with E-state index < -0.39 is 12.0 Å². The third kappa shape index (κ3) is 5.90. The Morgan fingerprint density at radius 2 is 1.85 bits per heavy atom. The Bertz CT molecular complexity index is 2170. The molecular weight excluding hydrogens is 598 g/mol. The monoisotopic (exact) mass is 635 g/mol. The zero-order chi connectivity index (χ0) is 32.5. The molecule has 0 saturated heterocycles. The summed E-state index contributed by atoms with van der Waals surface area (Å²) in [4.78, 5) is 32.9. The number of esters is 1. The van der Waals surface area contributed by atoms with Crippen molar-refractivity contribution < 1.29 is 19.0 Å². The fourth-order valence-corrected chi connectivity index (χ4v) is 7.02. The lowest BCUT2D eigenvalue weighted by Crippen LogP contribution is -2.40. The Kier molecular flexibility index (Phi) is 8.69. The van der Waals surface area contributed by atoms with Gasteiger partial charge in [-0.05, 0) is 70.0 Å². The molecule has 46 heavy (non-hydrogen) atoms. The third-order valence-electron chi connectivity index (χ3n) is 7.92. The van der Waals surface area contributed by atoms with Crippen LogP contribution in [0.5, 0.6) is 11.5 Å². The fourth-order valence-electron chi connectivity index (χ4n) is 5.98. The molecule has 0 aliphatic carbocycles. The number of methoxy groups -OCH3 is 1. The number of carbonyl (C=O) groups is 1. The van der Waals surface area contributed by atoms with E-state index in [-0.39, 0.29) is 18.3 Å². The summed E-state index contributed by atoms with van der Waals surface area (Å²) in [5.41, 5.74) is 5.70. The second kappa shape index (κ2) is 12.8. The van der Waals surface area contributed by atoms with Crippen LogP contribution >= 0.6 is 11.3 Å². The van der Waals surface area contributed by atoms with Crippen LogP contribution in [0.3, 0.4) is 0 Å². The van der Waals surface area contributed by atoms with Crippen LogP contribution in [-0.2, 0) is 16.1 Å².